The molecule has 3 rings (SSSR count). The minimum Gasteiger partial charge on any atom is -0.496 e. The van der Waals surface area contributed by atoms with Crippen molar-refractivity contribution in [1.29, 1.82) is 0 Å². The van der Waals surface area contributed by atoms with Crippen LogP contribution < -0.4 is 4.74 Å². The molecule has 1 amide bonds. The van der Waals surface area contributed by atoms with Crippen LogP contribution in [0.3, 0.4) is 0 Å². The Morgan fingerprint density at radius 3 is 3.04 bits per heavy atom. The zero-order valence-corrected chi connectivity index (χ0v) is 14.5. The van der Waals surface area contributed by atoms with Gasteiger partial charge >= 0.3 is 0 Å². The number of ether oxygens (including phenoxy) is 1. The number of amides is 1. The van der Waals surface area contributed by atoms with Crippen molar-refractivity contribution in [3.63, 3.8) is 0 Å². The van der Waals surface area contributed by atoms with Crippen LogP contribution in [0.5, 0.6) is 5.75 Å². The van der Waals surface area contributed by atoms with Crippen molar-refractivity contribution >= 4 is 17.5 Å². The summed E-state index contributed by atoms with van der Waals surface area (Å²) in [6.07, 6.45) is 2.13. The van der Waals surface area contributed by atoms with Gasteiger partial charge in [-0.05, 0) is 38.0 Å². The largest absolute Gasteiger partial charge is 0.496 e. The number of hydrogen-bond donors (Lipinski definition) is 0. The number of benzene rings is 1. The number of methoxy groups -OCH3 is 1. The highest BCUT2D eigenvalue weighted by Crippen LogP contribution is 2.28. The lowest BCUT2D eigenvalue weighted by molar-refractivity contribution is -0.131. The summed E-state index contributed by atoms with van der Waals surface area (Å²) in [4.78, 5) is 18.8. The molecule has 0 unspecified atom stereocenters. The van der Waals surface area contributed by atoms with E-state index < -0.39 is 0 Å². The van der Waals surface area contributed by atoms with Crippen LogP contribution in [0.2, 0.25) is 5.02 Å². The minimum absolute atomic E-state index is 0.0523. The summed E-state index contributed by atoms with van der Waals surface area (Å²) in [5, 5.41) is 4.44. The van der Waals surface area contributed by atoms with E-state index in [2.05, 4.69) is 10.1 Å². The van der Waals surface area contributed by atoms with Gasteiger partial charge in [0.15, 0.2) is 5.82 Å². The lowest BCUT2D eigenvalue weighted by atomic mass is 9.97. The first-order valence-electron chi connectivity index (χ1n) is 7.97. The average molecular weight is 350 g/mol. The molecule has 1 aliphatic rings. The quantitative estimate of drug-likeness (QED) is 0.848. The van der Waals surface area contributed by atoms with Crippen molar-refractivity contribution in [2.75, 3.05) is 20.2 Å². The van der Waals surface area contributed by atoms with E-state index in [1.165, 1.54) is 0 Å². The summed E-state index contributed by atoms with van der Waals surface area (Å²) >= 11 is 6.04. The molecule has 1 aromatic carbocycles. The number of carbonyl (C=O) groups is 1. The predicted octanol–water partition coefficient (Wildman–Crippen LogP) is 2.99. The fourth-order valence-corrected chi connectivity index (χ4v) is 3.24. The summed E-state index contributed by atoms with van der Waals surface area (Å²) in [5.74, 6) is 2.07. The number of halogens is 1. The van der Waals surface area contributed by atoms with Gasteiger partial charge in [0.05, 0.1) is 19.4 Å². The van der Waals surface area contributed by atoms with E-state index in [-0.39, 0.29) is 18.2 Å². The van der Waals surface area contributed by atoms with Gasteiger partial charge in [0, 0.05) is 23.7 Å². The molecule has 2 heterocycles. The number of nitrogens with zero attached hydrogens (tertiary/aromatic N) is 3. The molecule has 1 saturated heterocycles. The zero-order chi connectivity index (χ0) is 17.1. The first-order chi connectivity index (χ1) is 11.6. The van der Waals surface area contributed by atoms with E-state index in [4.69, 9.17) is 20.9 Å². The summed E-state index contributed by atoms with van der Waals surface area (Å²) in [6, 6.07) is 5.31. The summed E-state index contributed by atoms with van der Waals surface area (Å²) in [5.41, 5.74) is 0.797. The molecular formula is C17H20ClN3O3. The highest BCUT2D eigenvalue weighted by Gasteiger charge is 2.28. The van der Waals surface area contributed by atoms with Crippen molar-refractivity contribution in [1.82, 2.24) is 15.0 Å². The Labute approximate surface area is 145 Å². The standard InChI is InChI=1S/C17H20ClN3O3/c1-11-19-17(24-20-11)12-4-3-7-21(10-12)16(22)9-13-8-14(18)5-6-15(13)23-2/h5-6,8,12H,3-4,7,9-10H2,1-2H3/t12-/m1/s1. The van der Waals surface area contributed by atoms with Crippen molar-refractivity contribution in [3.8, 4) is 5.75 Å². The fraction of sp³-hybridized carbons (Fsp3) is 0.471. The van der Waals surface area contributed by atoms with Gasteiger partial charge in [-0.15, -0.1) is 0 Å². The molecule has 0 bridgehead atoms. The summed E-state index contributed by atoms with van der Waals surface area (Å²) in [6.45, 7) is 3.14. The molecule has 1 aromatic heterocycles. The van der Waals surface area contributed by atoms with Gasteiger partial charge in [-0.25, -0.2) is 0 Å². The van der Waals surface area contributed by atoms with Crippen LogP contribution in [0, 0.1) is 6.92 Å². The van der Waals surface area contributed by atoms with Gasteiger partial charge in [0.1, 0.15) is 5.75 Å². The van der Waals surface area contributed by atoms with Gasteiger partial charge in [-0.2, -0.15) is 4.98 Å². The van der Waals surface area contributed by atoms with E-state index in [1.54, 1.807) is 32.2 Å². The van der Waals surface area contributed by atoms with Crippen LogP contribution in [0.4, 0.5) is 0 Å². The number of carbonyl (C=O) groups excluding carboxylic acids is 1. The maximum atomic E-state index is 12.7. The zero-order valence-electron chi connectivity index (χ0n) is 13.8. The highest BCUT2D eigenvalue weighted by atomic mass is 35.5. The molecule has 2 aromatic rings. The Bertz CT molecular complexity index is 732. The Balaban J connectivity index is 1.70. The van der Waals surface area contributed by atoms with Crippen LogP contribution in [0.15, 0.2) is 22.7 Å². The molecule has 0 saturated carbocycles. The molecule has 24 heavy (non-hydrogen) atoms. The second-order valence-electron chi connectivity index (χ2n) is 5.99. The molecule has 1 aliphatic heterocycles. The fourth-order valence-electron chi connectivity index (χ4n) is 3.04. The van der Waals surface area contributed by atoms with Crippen LogP contribution in [0.1, 0.15) is 36.0 Å². The van der Waals surface area contributed by atoms with Gasteiger partial charge in [-0.3, -0.25) is 4.79 Å². The molecule has 0 radical (unpaired) electrons. The van der Waals surface area contributed by atoms with E-state index >= 15 is 0 Å². The van der Waals surface area contributed by atoms with Crippen LogP contribution >= 0.6 is 11.6 Å². The molecule has 0 N–H and O–H groups in total. The Morgan fingerprint density at radius 1 is 1.50 bits per heavy atom. The minimum atomic E-state index is 0.0523. The predicted molar refractivity (Wildman–Crippen MR) is 89.3 cm³/mol. The molecule has 128 valence electrons. The van der Waals surface area contributed by atoms with Crippen molar-refractivity contribution < 1.29 is 14.1 Å². The van der Waals surface area contributed by atoms with Crippen LogP contribution in [0.25, 0.3) is 0 Å². The summed E-state index contributed by atoms with van der Waals surface area (Å²) < 4.78 is 10.6. The SMILES string of the molecule is COc1ccc(Cl)cc1CC(=O)N1CCC[C@@H](c2nc(C)no2)C1. The molecule has 7 heteroatoms. The lowest BCUT2D eigenvalue weighted by Crippen LogP contribution is -2.40. The molecule has 0 spiro atoms. The Morgan fingerprint density at radius 2 is 2.33 bits per heavy atom. The first kappa shape index (κ1) is 16.8. The Kier molecular flexibility index (Phi) is 5.04. The third-order valence-electron chi connectivity index (χ3n) is 4.25. The number of piperidine rings is 1. The topological polar surface area (TPSA) is 68.5 Å². The second-order valence-corrected chi connectivity index (χ2v) is 6.43. The van der Waals surface area contributed by atoms with E-state index in [9.17, 15) is 4.79 Å². The Hall–Kier alpha value is -2.08. The second kappa shape index (κ2) is 7.21. The third kappa shape index (κ3) is 3.70. The van der Waals surface area contributed by atoms with Gasteiger partial charge in [-0.1, -0.05) is 16.8 Å². The average Bonchev–Trinajstić information content (AvgIpc) is 3.02. The lowest BCUT2D eigenvalue weighted by Gasteiger charge is -2.31. The molecule has 1 atom stereocenters. The number of hydrogen-bond acceptors (Lipinski definition) is 5. The third-order valence-corrected chi connectivity index (χ3v) is 4.49. The highest BCUT2D eigenvalue weighted by molar-refractivity contribution is 6.30. The molecule has 0 aliphatic carbocycles. The van der Waals surface area contributed by atoms with E-state index in [0.29, 0.717) is 29.0 Å². The molecule has 1 fully saturated rings. The molecule has 6 nitrogen and oxygen atoms in total. The van der Waals surface area contributed by atoms with E-state index in [0.717, 1.165) is 24.9 Å². The van der Waals surface area contributed by atoms with Crippen molar-refractivity contribution in [2.24, 2.45) is 0 Å². The van der Waals surface area contributed by atoms with Crippen LogP contribution in [-0.4, -0.2) is 41.1 Å². The maximum Gasteiger partial charge on any atom is 0.231 e. The van der Waals surface area contributed by atoms with Crippen LogP contribution in [-0.2, 0) is 11.2 Å². The normalized spacial score (nSPS) is 17.8. The maximum absolute atomic E-state index is 12.7. The summed E-state index contributed by atoms with van der Waals surface area (Å²) in [7, 11) is 1.59. The molecular weight excluding hydrogens is 330 g/mol. The van der Waals surface area contributed by atoms with Crippen molar-refractivity contribution in [2.45, 2.75) is 32.1 Å². The number of rotatable bonds is 4. The number of aromatic nitrogens is 2. The van der Waals surface area contributed by atoms with Gasteiger partial charge in [0.2, 0.25) is 11.8 Å². The van der Waals surface area contributed by atoms with Gasteiger partial charge < -0.3 is 14.2 Å². The van der Waals surface area contributed by atoms with E-state index in [1.807, 2.05) is 4.90 Å². The monoisotopic (exact) mass is 349 g/mol. The first-order valence-corrected chi connectivity index (χ1v) is 8.35. The number of aryl methyl sites for hydroxylation is 1. The smallest absolute Gasteiger partial charge is 0.231 e. The number of likely N-dealkylation sites (tertiary alicyclic amines) is 1. The van der Waals surface area contributed by atoms with Gasteiger partial charge in [0.25, 0.3) is 0 Å². The van der Waals surface area contributed by atoms with Crippen molar-refractivity contribution in [3.05, 3.63) is 40.5 Å².